The molecule has 28 heavy (non-hydrogen) atoms. The Hall–Kier alpha value is -2.19. The molecule has 0 bridgehead atoms. The molecule has 1 aliphatic rings. The average molecular weight is 405 g/mol. The molecule has 7 nitrogen and oxygen atoms in total. The van der Waals surface area contributed by atoms with Gasteiger partial charge in [0.05, 0.1) is 24.9 Å². The standard InChI is InChI=1S/C20H28N4O3S/c1-4-27-20(26)18-15-8-6-5-7-9-16(15)28-19(18)22-17(25)13-23(2)11-14-10-21-24(3)12-14/h10,12H,4-9,11,13H2,1-3H3,(H,22,25). The number of rotatable bonds is 7. The number of fused-ring (bicyclic) bond motifs is 1. The van der Waals surface area contributed by atoms with Crippen molar-refractivity contribution in [2.45, 2.75) is 45.6 Å². The van der Waals surface area contributed by atoms with Gasteiger partial charge in [-0.25, -0.2) is 4.79 Å². The van der Waals surface area contributed by atoms with E-state index in [2.05, 4.69) is 10.4 Å². The molecule has 3 rings (SSSR count). The second kappa shape index (κ2) is 9.34. The first kappa shape index (κ1) is 20.5. The minimum absolute atomic E-state index is 0.131. The Morgan fingerprint density at radius 1 is 1.32 bits per heavy atom. The van der Waals surface area contributed by atoms with E-state index in [9.17, 15) is 9.59 Å². The van der Waals surface area contributed by atoms with Gasteiger partial charge in [-0.15, -0.1) is 11.3 Å². The van der Waals surface area contributed by atoms with E-state index < -0.39 is 0 Å². The maximum atomic E-state index is 12.6. The van der Waals surface area contributed by atoms with E-state index in [0.717, 1.165) is 36.8 Å². The van der Waals surface area contributed by atoms with Crippen molar-refractivity contribution in [2.24, 2.45) is 7.05 Å². The number of aryl methyl sites for hydroxylation is 2. The van der Waals surface area contributed by atoms with Crippen molar-refractivity contribution in [3.63, 3.8) is 0 Å². The average Bonchev–Trinajstić information content (AvgIpc) is 3.10. The van der Waals surface area contributed by atoms with Gasteiger partial charge in [0, 0.05) is 30.2 Å². The molecular formula is C20H28N4O3S. The third-order valence-electron chi connectivity index (χ3n) is 4.78. The fourth-order valence-corrected chi connectivity index (χ4v) is 4.88. The number of aromatic nitrogens is 2. The van der Waals surface area contributed by atoms with E-state index in [0.29, 0.717) is 23.7 Å². The Morgan fingerprint density at radius 3 is 2.82 bits per heavy atom. The second-order valence-corrected chi connectivity index (χ2v) is 8.34. The predicted molar refractivity (Wildman–Crippen MR) is 110 cm³/mol. The van der Waals surface area contributed by atoms with Gasteiger partial charge in [0.15, 0.2) is 0 Å². The zero-order chi connectivity index (χ0) is 20.1. The summed E-state index contributed by atoms with van der Waals surface area (Å²) >= 11 is 1.53. The summed E-state index contributed by atoms with van der Waals surface area (Å²) < 4.78 is 7.02. The van der Waals surface area contributed by atoms with Crippen LogP contribution in [0, 0.1) is 0 Å². The Balaban J connectivity index is 1.71. The Labute approximate surface area is 169 Å². The van der Waals surface area contributed by atoms with Gasteiger partial charge in [0.2, 0.25) is 5.91 Å². The van der Waals surface area contributed by atoms with Crippen molar-refractivity contribution in [2.75, 3.05) is 25.5 Å². The molecule has 1 amide bonds. The Bertz CT molecular complexity index is 843. The minimum atomic E-state index is -0.332. The molecule has 2 aromatic heterocycles. The number of hydrogen-bond acceptors (Lipinski definition) is 6. The number of hydrogen-bond donors (Lipinski definition) is 1. The molecule has 0 aromatic carbocycles. The van der Waals surface area contributed by atoms with Gasteiger partial charge < -0.3 is 10.1 Å². The van der Waals surface area contributed by atoms with Crippen molar-refractivity contribution in [3.8, 4) is 0 Å². The third kappa shape index (κ3) is 4.99. The molecule has 0 saturated carbocycles. The molecule has 1 aliphatic carbocycles. The van der Waals surface area contributed by atoms with E-state index in [4.69, 9.17) is 4.74 Å². The van der Waals surface area contributed by atoms with Crippen molar-refractivity contribution in [1.82, 2.24) is 14.7 Å². The number of nitrogens with zero attached hydrogens (tertiary/aromatic N) is 3. The summed E-state index contributed by atoms with van der Waals surface area (Å²) in [5.41, 5.74) is 2.68. The van der Waals surface area contributed by atoms with Crippen LogP contribution in [0.2, 0.25) is 0 Å². The van der Waals surface area contributed by atoms with E-state index in [1.54, 1.807) is 17.8 Å². The highest BCUT2D eigenvalue weighted by atomic mass is 32.1. The molecule has 0 fully saturated rings. The molecule has 152 valence electrons. The number of likely N-dealkylation sites (N-methyl/N-ethyl adjacent to an activating group) is 1. The van der Waals surface area contributed by atoms with Crippen LogP contribution < -0.4 is 5.32 Å². The highest BCUT2D eigenvalue weighted by Crippen LogP contribution is 2.38. The molecule has 8 heteroatoms. The molecular weight excluding hydrogens is 376 g/mol. The lowest BCUT2D eigenvalue weighted by molar-refractivity contribution is -0.117. The number of esters is 1. The number of ether oxygens (including phenoxy) is 1. The molecule has 1 N–H and O–H groups in total. The van der Waals surface area contributed by atoms with Crippen molar-refractivity contribution < 1.29 is 14.3 Å². The first-order valence-electron chi connectivity index (χ1n) is 9.75. The fourth-order valence-electron chi connectivity index (χ4n) is 3.58. The van der Waals surface area contributed by atoms with Gasteiger partial charge >= 0.3 is 5.97 Å². The maximum absolute atomic E-state index is 12.6. The molecule has 0 saturated heterocycles. The van der Waals surface area contributed by atoms with Gasteiger partial charge in [-0.1, -0.05) is 6.42 Å². The van der Waals surface area contributed by atoms with Crippen LogP contribution in [0.4, 0.5) is 5.00 Å². The van der Waals surface area contributed by atoms with E-state index in [-0.39, 0.29) is 18.4 Å². The third-order valence-corrected chi connectivity index (χ3v) is 5.99. The van der Waals surface area contributed by atoms with Crippen LogP contribution in [0.5, 0.6) is 0 Å². The molecule has 2 heterocycles. The normalized spacial score (nSPS) is 13.9. The Kier molecular flexibility index (Phi) is 6.85. The summed E-state index contributed by atoms with van der Waals surface area (Å²) in [5, 5.41) is 7.74. The number of anilines is 1. The van der Waals surface area contributed by atoms with Crippen molar-refractivity contribution >= 4 is 28.2 Å². The first-order chi connectivity index (χ1) is 13.5. The predicted octanol–water partition coefficient (Wildman–Crippen LogP) is 3.00. The fraction of sp³-hybridized carbons (Fsp3) is 0.550. The monoisotopic (exact) mass is 404 g/mol. The van der Waals surface area contributed by atoms with Crippen LogP contribution in [0.3, 0.4) is 0 Å². The lowest BCUT2D eigenvalue weighted by atomic mass is 10.1. The summed E-state index contributed by atoms with van der Waals surface area (Å²) in [6.45, 7) is 2.99. The van der Waals surface area contributed by atoms with Crippen LogP contribution >= 0.6 is 11.3 Å². The highest BCUT2D eigenvalue weighted by Gasteiger charge is 2.26. The smallest absolute Gasteiger partial charge is 0.341 e. The van der Waals surface area contributed by atoms with Crippen LogP contribution in [0.25, 0.3) is 0 Å². The molecule has 0 spiro atoms. The first-order valence-corrected chi connectivity index (χ1v) is 10.6. The number of nitrogens with one attached hydrogen (secondary N) is 1. The SMILES string of the molecule is CCOC(=O)c1c(NC(=O)CN(C)Cc2cnn(C)c2)sc2c1CCCCC2. The number of thiophene rings is 1. The summed E-state index contributed by atoms with van der Waals surface area (Å²) in [5.74, 6) is -0.464. The molecule has 0 unspecified atom stereocenters. The van der Waals surface area contributed by atoms with Crippen LogP contribution in [-0.4, -0.2) is 46.8 Å². The molecule has 0 radical (unpaired) electrons. The maximum Gasteiger partial charge on any atom is 0.341 e. The lowest BCUT2D eigenvalue weighted by Gasteiger charge is -2.15. The molecule has 2 aromatic rings. The second-order valence-electron chi connectivity index (χ2n) is 7.23. The summed E-state index contributed by atoms with van der Waals surface area (Å²) in [7, 11) is 3.76. The van der Waals surface area contributed by atoms with Crippen molar-refractivity contribution in [3.05, 3.63) is 34.0 Å². The number of carbonyl (C=O) groups is 2. The zero-order valence-corrected chi connectivity index (χ0v) is 17.6. The number of amides is 1. The largest absolute Gasteiger partial charge is 0.462 e. The summed E-state index contributed by atoms with van der Waals surface area (Å²) in [6.07, 6.45) is 8.92. The van der Waals surface area contributed by atoms with Crippen LogP contribution in [0.15, 0.2) is 12.4 Å². The topological polar surface area (TPSA) is 76.5 Å². The highest BCUT2D eigenvalue weighted by molar-refractivity contribution is 7.17. The van der Waals surface area contributed by atoms with Crippen molar-refractivity contribution in [1.29, 1.82) is 0 Å². The van der Waals surface area contributed by atoms with E-state index in [1.807, 2.05) is 25.2 Å². The van der Waals surface area contributed by atoms with Gasteiger partial charge in [0.1, 0.15) is 5.00 Å². The Morgan fingerprint density at radius 2 is 2.11 bits per heavy atom. The van der Waals surface area contributed by atoms with E-state index >= 15 is 0 Å². The van der Waals surface area contributed by atoms with Gasteiger partial charge in [-0.05, 0) is 45.2 Å². The summed E-state index contributed by atoms with van der Waals surface area (Å²) in [4.78, 5) is 28.3. The van der Waals surface area contributed by atoms with Gasteiger partial charge in [-0.3, -0.25) is 14.4 Å². The minimum Gasteiger partial charge on any atom is -0.462 e. The van der Waals surface area contributed by atoms with Crippen LogP contribution in [0.1, 0.15) is 52.5 Å². The molecule has 0 atom stereocenters. The van der Waals surface area contributed by atoms with Gasteiger partial charge in [-0.2, -0.15) is 5.10 Å². The zero-order valence-electron chi connectivity index (χ0n) is 16.8. The summed E-state index contributed by atoms with van der Waals surface area (Å²) in [6, 6.07) is 0. The van der Waals surface area contributed by atoms with E-state index in [1.165, 1.54) is 22.6 Å². The molecule has 0 aliphatic heterocycles. The van der Waals surface area contributed by atoms with Gasteiger partial charge in [0.25, 0.3) is 0 Å². The van der Waals surface area contributed by atoms with Crippen LogP contribution in [-0.2, 0) is 36.0 Å². The lowest BCUT2D eigenvalue weighted by Crippen LogP contribution is -2.30. The quantitative estimate of drug-likeness (QED) is 0.567. The number of carbonyl (C=O) groups excluding carboxylic acids is 2.